The van der Waals surface area contributed by atoms with Gasteiger partial charge in [-0.1, -0.05) is 6.92 Å². The molecular weight excluding hydrogens is 372 g/mol. The van der Waals surface area contributed by atoms with Crippen molar-refractivity contribution in [3.05, 3.63) is 29.0 Å². The number of nitrogens with zero attached hydrogens (tertiary/aromatic N) is 3. The number of piperidine rings is 1. The number of aryl methyl sites for hydroxylation is 1. The summed E-state index contributed by atoms with van der Waals surface area (Å²) < 4.78 is 55.6. The van der Waals surface area contributed by atoms with Gasteiger partial charge in [0.1, 0.15) is 5.69 Å². The first-order chi connectivity index (χ1) is 13.3. The molecule has 2 atom stereocenters. The number of hydrogen-bond donors (Lipinski definition) is 1. The predicted molar refractivity (Wildman–Crippen MR) is 97.8 cm³/mol. The average Bonchev–Trinajstić information content (AvgIpc) is 2.98. The van der Waals surface area contributed by atoms with Crippen molar-refractivity contribution >= 4 is 5.65 Å². The van der Waals surface area contributed by atoms with Crippen LogP contribution in [0.3, 0.4) is 0 Å². The average molecular weight is 398 g/mol. The van der Waals surface area contributed by atoms with E-state index in [-0.39, 0.29) is 36.0 Å². The molecular formula is C20H26F4N4. The third-order valence-corrected chi connectivity index (χ3v) is 6.50. The third kappa shape index (κ3) is 3.51. The van der Waals surface area contributed by atoms with Crippen LogP contribution < -0.4 is 5.32 Å². The molecule has 154 valence electrons. The molecule has 4 nitrogen and oxygen atoms in total. The lowest BCUT2D eigenvalue weighted by Crippen LogP contribution is -2.35. The number of rotatable bonds is 2. The Morgan fingerprint density at radius 3 is 2.50 bits per heavy atom. The lowest BCUT2D eigenvalue weighted by Gasteiger charge is -2.30. The minimum Gasteiger partial charge on any atom is -0.316 e. The standard InChI is InChI=1S/C20H26F4N4/c1-11-7-8-25-10-15(11)16-9-12(2)26-19-17(21)18(27-28(16)19)13-3-5-14(6-4-13)20(22,23)24/h9,11,13-15,25H,3-8,10H2,1-2H3/t11-,13-,14-,15-/m1/s1. The normalized spacial score (nSPS) is 29.4. The van der Waals surface area contributed by atoms with E-state index in [2.05, 4.69) is 22.3 Å². The summed E-state index contributed by atoms with van der Waals surface area (Å²) in [5.41, 5.74) is 2.12. The highest BCUT2D eigenvalue weighted by molar-refractivity contribution is 5.45. The summed E-state index contributed by atoms with van der Waals surface area (Å²) in [6, 6.07) is 1.96. The second-order valence-electron chi connectivity index (χ2n) is 8.42. The molecule has 3 heterocycles. The smallest absolute Gasteiger partial charge is 0.316 e. The van der Waals surface area contributed by atoms with E-state index in [0.717, 1.165) is 30.9 Å². The number of hydrogen-bond acceptors (Lipinski definition) is 3. The Morgan fingerprint density at radius 2 is 1.86 bits per heavy atom. The Balaban J connectivity index is 1.68. The van der Waals surface area contributed by atoms with Crippen molar-refractivity contribution in [2.45, 2.75) is 64.0 Å². The molecule has 2 aliphatic rings. The molecule has 0 amide bonds. The van der Waals surface area contributed by atoms with Crippen molar-refractivity contribution in [1.82, 2.24) is 19.9 Å². The maximum absolute atomic E-state index is 15.2. The monoisotopic (exact) mass is 398 g/mol. The molecule has 8 heteroatoms. The Kier molecular flexibility index (Phi) is 5.10. The molecule has 0 aromatic carbocycles. The van der Waals surface area contributed by atoms with Crippen LogP contribution in [0, 0.1) is 24.6 Å². The fraction of sp³-hybridized carbons (Fsp3) is 0.700. The molecule has 1 aliphatic heterocycles. The van der Waals surface area contributed by atoms with E-state index in [1.54, 1.807) is 4.52 Å². The summed E-state index contributed by atoms with van der Waals surface area (Å²) in [5.74, 6) is -1.41. The summed E-state index contributed by atoms with van der Waals surface area (Å²) in [6.07, 6.45) is -2.46. The van der Waals surface area contributed by atoms with E-state index in [0.29, 0.717) is 18.8 Å². The van der Waals surface area contributed by atoms with Gasteiger partial charge >= 0.3 is 6.18 Å². The quantitative estimate of drug-likeness (QED) is 0.744. The molecule has 0 spiro atoms. The van der Waals surface area contributed by atoms with Gasteiger partial charge in [0.05, 0.1) is 11.6 Å². The number of fused-ring (bicyclic) bond motifs is 1. The maximum Gasteiger partial charge on any atom is 0.391 e. The second-order valence-corrected chi connectivity index (χ2v) is 8.42. The van der Waals surface area contributed by atoms with Gasteiger partial charge in [-0.25, -0.2) is 13.9 Å². The van der Waals surface area contributed by atoms with Crippen LogP contribution in [0.15, 0.2) is 6.07 Å². The van der Waals surface area contributed by atoms with Gasteiger partial charge in [0.2, 0.25) is 0 Å². The topological polar surface area (TPSA) is 42.2 Å². The zero-order valence-corrected chi connectivity index (χ0v) is 16.2. The number of aromatic nitrogens is 3. The summed E-state index contributed by atoms with van der Waals surface area (Å²) in [5, 5.41) is 7.93. The molecule has 1 saturated carbocycles. The Bertz CT molecular complexity index is 852. The number of halogens is 4. The van der Waals surface area contributed by atoms with Crippen LogP contribution in [0.25, 0.3) is 5.65 Å². The molecule has 2 aromatic rings. The minimum atomic E-state index is -4.17. The Labute approximate surface area is 161 Å². The number of alkyl halides is 3. The van der Waals surface area contributed by atoms with E-state index >= 15 is 4.39 Å². The zero-order chi connectivity index (χ0) is 20.1. The van der Waals surface area contributed by atoms with Gasteiger partial charge in [-0.05, 0) is 57.6 Å². The summed E-state index contributed by atoms with van der Waals surface area (Å²) in [6.45, 7) is 5.79. The summed E-state index contributed by atoms with van der Waals surface area (Å²) >= 11 is 0. The highest BCUT2D eigenvalue weighted by Gasteiger charge is 2.42. The molecule has 0 unspecified atom stereocenters. The molecule has 1 N–H and O–H groups in total. The zero-order valence-electron chi connectivity index (χ0n) is 16.2. The second kappa shape index (κ2) is 7.28. The van der Waals surface area contributed by atoms with Crippen molar-refractivity contribution in [2.75, 3.05) is 13.1 Å². The van der Waals surface area contributed by atoms with Gasteiger partial charge < -0.3 is 5.32 Å². The van der Waals surface area contributed by atoms with Crippen LogP contribution in [0.4, 0.5) is 17.6 Å². The fourth-order valence-electron chi connectivity index (χ4n) is 4.76. The lowest BCUT2D eigenvalue weighted by atomic mass is 9.80. The van der Waals surface area contributed by atoms with Crippen LogP contribution in [-0.4, -0.2) is 33.9 Å². The Hall–Kier alpha value is -1.70. The van der Waals surface area contributed by atoms with E-state index < -0.39 is 17.9 Å². The van der Waals surface area contributed by atoms with Gasteiger partial charge in [0, 0.05) is 24.1 Å². The van der Waals surface area contributed by atoms with Gasteiger partial charge in [-0.3, -0.25) is 0 Å². The molecule has 28 heavy (non-hydrogen) atoms. The Morgan fingerprint density at radius 1 is 1.14 bits per heavy atom. The van der Waals surface area contributed by atoms with Crippen LogP contribution in [-0.2, 0) is 0 Å². The van der Waals surface area contributed by atoms with Crippen molar-refractivity contribution in [1.29, 1.82) is 0 Å². The highest BCUT2D eigenvalue weighted by Crippen LogP contribution is 2.43. The highest BCUT2D eigenvalue weighted by atomic mass is 19.4. The van der Waals surface area contributed by atoms with E-state index in [1.807, 2.05) is 13.0 Å². The maximum atomic E-state index is 15.2. The number of nitrogens with one attached hydrogen (secondary N) is 1. The van der Waals surface area contributed by atoms with Crippen LogP contribution in [0.5, 0.6) is 0 Å². The van der Waals surface area contributed by atoms with Crippen LogP contribution in [0.1, 0.15) is 67.9 Å². The predicted octanol–water partition coefficient (Wildman–Crippen LogP) is 4.73. The molecule has 2 aromatic heterocycles. The first-order valence-electron chi connectivity index (χ1n) is 10.1. The van der Waals surface area contributed by atoms with Gasteiger partial charge in [0.15, 0.2) is 11.5 Å². The minimum absolute atomic E-state index is 0.0321. The molecule has 1 aliphatic carbocycles. The summed E-state index contributed by atoms with van der Waals surface area (Å²) in [4.78, 5) is 4.35. The van der Waals surface area contributed by atoms with Crippen molar-refractivity contribution in [2.24, 2.45) is 11.8 Å². The molecule has 1 saturated heterocycles. The molecule has 0 radical (unpaired) electrons. The van der Waals surface area contributed by atoms with Crippen molar-refractivity contribution in [3.63, 3.8) is 0 Å². The van der Waals surface area contributed by atoms with Gasteiger partial charge in [0.25, 0.3) is 0 Å². The largest absolute Gasteiger partial charge is 0.391 e. The van der Waals surface area contributed by atoms with E-state index in [1.165, 1.54) is 0 Å². The van der Waals surface area contributed by atoms with E-state index in [4.69, 9.17) is 0 Å². The first-order valence-corrected chi connectivity index (χ1v) is 10.1. The first kappa shape index (κ1) is 19.6. The van der Waals surface area contributed by atoms with Crippen LogP contribution in [0.2, 0.25) is 0 Å². The SMILES string of the molecule is Cc1cc([C@@H]2CNCC[C@H]2C)n2nc([C@H]3CC[C@H](C(F)(F)F)CC3)c(F)c2n1. The van der Waals surface area contributed by atoms with E-state index in [9.17, 15) is 13.2 Å². The van der Waals surface area contributed by atoms with Gasteiger partial charge in [-0.15, -0.1) is 0 Å². The van der Waals surface area contributed by atoms with Crippen molar-refractivity contribution in [3.8, 4) is 0 Å². The fourth-order valence-corrected chi connectivity index (χ4v) is 4.76. The molecule has 2 fully saturated rings. The molecule has 4 rings (SSSR count). The van der Waals surface area contributed by atoms with Gasteiger partial charge in [-0.2, -0.15) is 18.3 Å². The third-order valence-electron chi connectivity index (χ3n) is 6.50. The molecule has 0 bridgehead atoms. The summed E-state index contributed by atoms with van der Waals surface area (Å²) in [7, 11) is 0. The van der Waals surface area contributed by atoms with Crippen LogP contribution >= 0.6 is 0 Å². The van der Waals surface area contributed by atoms with Crippen molar-refractivity contribution < 1.29 is 17.6 Å². The lowest BCUT2D eigenvalue weighted by molar-refractivity contribution is -0.182.